The van der Waals surface area contributed by atoms with Gasteiger partial charge in [-0.15, -0.1) is 12.8 Å². The minimum Gasteiger partial charge on any atom is -0.468 e. The van der Waals surface area contributed by atoms with E-state index in [1.54, 1.807) is 0 Å². The van der Waals surface area contributed by atoms with E-state index in [-0.39, 0.29) is 12.3 Å². The molecule has 4 amide bonds. The molecule has 0 aliphatic rings. The van der Waals surface area contributed by atoms with Crippen molar-refractivity contribution >= 4 is 30.0 Å². The molecule has 0 radical (unpaired) electrons. The molecular weight excluding hydrogens is 256 g/mol. The number of hydrogen-bond acceptors (Lipinski definition) is 5. The number of terminal acetylenes is 2. The summed E-state index contributed by atoms with van der Waals surface area (Å²) >= 11 is 0.909. The topological polar surface area (TPSA) is 94.5 Å². The molecule has 0 bridgehead atoms. The van der Waals surface area contributed by atoms with Gasteiger partial charge in [0.05, 0.1) is 19.4 Å². The summed E-state index contributed by atoms with van der Waals surface area (Å²) in [5, 5.41) is 9.59. The third kappa shape index (κ3) is 5.14. The average Bonchev–Trinajstić information content (AvgIpc) is 2.36. The first-order chi connectivity index (χ1) is 8.58. The van der Waals surface area contributed by atoms with Crippen molar-refractivity contribution in [3.05, 3.63) is 0 Å². The fourth-order valence-electron chi connectivity index (χ4n) is 0.759. The Morgan fingerprint density at radius 2 is 2.06 bits per heavy atom. The summed E-state index contributed by atoms with van der Waals surface area (Å²) in [4.78, 5) is 23.6. The van der Waals surface area contributed by atoms with Crippen LogP contribution >= 0.6 is 11.9 Å². The molecule has 0 aromatic heterocycles. The van der Waals surface area contributed by atoms with Crippen LogP contribution in [0.1, 0.15) is 0 Å². The summed E-state index contributed by atoms with van der Waals surface area (Å²) in [5.74, 6) is 4.68. The van der Waals surface area contributed by atoms with Crippen molar-refractivity contribution in [3.8, 4) is 24.7 Å². The molecule has 0 atom stereocenters. The van der Waals surface area contributed by atoms with Gasteiger partial charge >= 0.3 is 18.1 Å². The van der Waals surface area contributed by atoms with Gasteiger partial charge in [-0.1, -0.05) is 11.8 Å². The van der Waals surface area contributed by atoms with Gasteiger partial charge in [-0.3, -0.25) is 10.1 Å². The maximum atomic E-state index is 11.6. The maximum Gasteiger partial charge on any atom is 0.343 e. The quantitative estimate of drug-likeness (QED) is 0.224. The number of urea groups is 2. The van der Waals surface area contributed by atoms with Crippen LogP contribution in [0.15, 0.2) is 0 Å². The fourth-order valence-corrected chi connectivity index (χ4v) is 1.13. The van der Waals surface area contributed by atoms with E-state index in [1.165, 1.54) is 0 Å². The number of ether oxygens (including phenoxy) is 1. The van der Waals surface area contributed by atoms with E-state index < -0.39 is 18.1 Å². The van der Waals surface area contributed by atoms with Crippen molar-refractivity contribution in [3.63, 3.8) is 0 Å². The number of rotatable bonds is 3. The molecule has 7 nitrogen and oxygen atoms in total. The number of hydrogen-bond donors (Lipinski definition) is 3. The molecule has 18 heavy (non-hydrogen) atoms. The van der Waals surface area contributed by atoms with Gasteiger partial charge in [0.2, 0.25) is 0 Å². The van der Waals surface area contributed by atoms with E-state index in [1.807, 2.05) is 0 Å². The zero-order valence-corrected chi connectivity index (χ0v) is 10.5. The van der Waals surface area contributed by atoms with Gasteiger partial charge in [0.15, 0.2) is 0 Å². The smallest absolute Gasteiger partial charge is 0.343 e. The second-order valence-corrected chi connectivity index (χ2v) is 3.39. The SMILES string of the molecule is C#CCNC(=O)N(C(=N)OC)C(=O)NSCC#C. The Morgan fingerprint density at radius 3 is 2.56 bits per heavy atom. The Morgan fingerprint density at radius 1 is 1.39 bits per heavy atom. The van der Waals surface area contributed by atoms with Crippen LogP contribution in [0.4, 0.5) is 9.59 Å². The van der Waals surface area contributed by atoms with Crippen molar-refractivity contribution in [2.24, 2.45) is 0 Å². The largest absolute Gasteiger partial charge is 0.468 e. The van der Waals surface area contributed by atoms with Crippen molar-refractivity contribution in [2.75, 3.05) is 19.4 Å². The summed E-state index contributed by atoms with van der Waals surface area (Å²) < 4.78 is 6.81. The van der Waals surface area contributed by atoms with Crippen molar-refractivity contribution < 1.29 is 14.3 Å². The van der Waals surface area contributed by atoms with Gasteiger partial charge in [0.25, 0.3) is 0 Å². The summed E-state index contributed by atoms with van der Waals surface area (Å²) in [5.41, 5.74) is 0. The molecule has 96 valence electrons. The number of amides is 4. The van der Waals surface area contributed by atoms with Gasteiger partial charge in [-0.25, -0.2) is 9.59 Å². The molecule has 0 aliphatic heterocycles. The molecule has 3 N–H and O–H groups in total. The first-order valence-electron chi connectivity index (χ1n) is 4.57. The second kappa shape index (κ2) is 8.79. The Hall–Kier alpha value is -2.32. The highest BCUT2D eigenvalue weighted by Crippen LogP contribution is 1.99. The van der Waals surface area contributed by atoms with E-state index >= 15 is 0 Å². The van der Waals surface area contributed by atoms with Gasteiger partial charge in [-0.2, -0.15) is 4.90 Å². The normalized spacial score (nSPS) is 8.39. The standard InChI is InChI=1S/C10H12N4O3S/c1-4-6-12-9(15)14(8(11)17-3)10(16)13-18-7-5-2/h1-2,11H,6-7H2,3H3,(H,12,15)(H,13,16). The molecule has 0 rings (SSSR count). The predicted octanol–water partition coefficient (Wildman–Crippen LogP) is 0.203. The van der Waals surface area contributed by atoms with Crippen LogP contribution in [0.5, 0.6) is 0 Å². The number of carbonyl (C=O) groups is 2. The van der Waals surface area contributed by atoms with Gasteiger partial charge in [0, 0.05) is 0 Å². The number of amidine groups is 1. The summed E-state index contributed by atoms with van der Waals surface area (Å²) in [6, 6.07) is -2.35. The Labute approximate surface area is 109 Å². The van der Waals surface area contributed by atoms with Crippen molar-refractivity contribution in [2.45, 2.75) is 0 Å². The Balaban J connectivity index is 4.63. The highest BCUT2D eigenvalue weighted by molar-refractivity contribution is 7.98. The molecule has 0 aromatic rings. The van der Waals surface area contributed by atoms with Gasteiger partial charge in [0.1, 0.15) is 0 Å². The van der Waals surface area contributed by atoms with Crippen LogP contribution in [0.2, 0.25) is 0 Å². The predicted molar refractivity (Wildman–Crippen MR) is 68.6 cm³/mol. The third-order valence-corrected chi connectivity index (χ3v) is 2.09. The molecular formula is C10H12N4O3S. The van der Waals surface area contributed by atoms with E-state index in [0.717, 1.165) is 19.1 Å². The molecule has 0 aromatic carbocycles. The van der Waals surface area contributed by atoms with Crippen LogP contribution in [0.3, 0.4) is 0 Å². The molecule has 0 fully saturated rings. The zero-order chi connectivity index (χ0) is 14.0. The van der Waals surface area contributed by atoms with Gasteiger partial charge in [-0.05, 0) is 11.9 Å². The molecule has 8 heteroatoms. The lowest BCUT2D eigenvalue weighted by atomic mass is 10.6. The van der Waals surface area contributed by atoms with Crippen molar-refractivity contribution in [1.29, 1.82) is 5.41 Å². The maximum absolute atomic E-state index is 11.6. The molecule has 0 aliphatic carbocycles. The summed E-state index contributed by atoms with van der Waals surface area (Å²) in [7, 11) is 1.16. The number of methoxy groups -OCH3 is 1. The van der Waals surface area contributed by atoms with E-state index in [9.17, 15) is 9.59 Å². The number of carbonyl (C=O) groups excluding carboxylic acids is 2. The van der Waals surface area contributed by atoms with Crippen LogP contribution in [-0.2, 0) is 4.74 Å². The lowest BCUT2D eigenvalue weighted by Crippen LogP contribution is -2.50. The average molecular weight is 268 g/mol. The third-order valence-electron chi connectivity index (χ3n) is 1.46. The Bertz CT molecular complexity index is 410. The lowest BCUT2D eigenvalue weighted by Gasteiger charge is -2.19. The van der Waals surface area contributed by atoms with Crippen molar-refractivity contribution in [1.82, 2.24) is 14.9 Å². The highest BCUT2D eigenvalue weighted by Gasteiger charge is 2.26. The van der Waals surface area contributed by atoms with Gasteiger partial charge < -0.3 is 10.1 Å². The molecule has 0 saturated carbocycles. The number of nitrogens with zero attached hydrogens (tertiary/aromatic N) is 1. The van der Waals surface area contributed by atoms with Crippen LogP contribution in [0.25, 0.3) is 0 Å². The van der Waals surface area contributed by atoms with E-state index in [2.05, 4.69) is 26.6 Å². The number of imide groups is 1. The molecule has 0 spiro atoms. The monoisotopic (exact) mass is 268 g/mol. The van der Waals surface area contributed by atoms with E-state index in [4.69, 9.17) is 18.3 Å². The van der Waals surface area contributed by atoms with Crippen LogP contribution in [-0.4, -0.2) is 42.4 Å². The minimum atomic E-state index is -0.862. The first kappa shape index (κ1) is 15.7. The summed E-state index contributed by atoms with van der Waals surface area (Å²) in [6.45, 7) is -0.0723. The molecule has 0 heterocycles. The van der Waals surface area contributed by atoms with Crippen LogP contribution in [0, 0.1) is 30.1 Å². The zero-order valence-electron chi connectivity index (χ0n) is 9.65. The highest BCUT2D eigenvalue weighted by atomic mass is 32.2. The van der Waals surface area contributed by atoms with E-state index in [0.29, 0.717) is 4.90 Å². The lowest BCUT2D eigenvalue weighted by molar-refractivity contribution is 0.198. The minimum absolute atomic E-state index is 0.0723. The fraction of sp³-hybridized carbons (Fsp3) is 0.300. The van der Waals surface area contributed by atoms with Crippen LogP contribution < -0.4 is 10.0 Å². The summed E-state index contributed by atoms with van der Waals surface area (Å²) in [6.07, 6.45) is 9.96. The molecule has 0 saturated heterocycles. The first-order valence-corrected chi connectivity index (χ1v) is 5.56. The molecule has 0 unspecified atom stereocenters. The Kier molecular flexibility index (Phi) is 7.66. The second-order valence-electron chi connectivity index (χ2n) is 2.61. The number of nitrogens with one attached hydrogen (secondary N) is 3.